The second-order valence-corrected chi connectivity index (χ2v) is 4.91. The van der Waals surface area contributed by atoms with Crippen LogP contribution in [0, 0.1) is 0 Å². The fourth-order valence-electron chi connectivity index (χ4n) is 2.18. The van der Waals surface area contributed by atoms with E-state index in [1.54, 1.807) is 19.3 Å². The lowest BCUT2D eigenvalue weighted by Crippen LogP contribution is -2.50. The van der Waals surface area contributed by atoms with Crippen LogP contribution in [-0.2, 0) is 16.1 Å². The number of carbonyl (C=O) groups excluding carboxylic acids is 2. The Morgan fingerprint density at radius 3 is 2.45 bits per heavy atom. The van der Waals surface area contributed by atoms with Crippen molar-refractivity contribution in [2.24, 2.45) is 0 Å². The number of amides is 2. The van der Waals surface area contributed by atoms with Crippen LogP contribution in [0.2, 0.25) is 0 Å². The third-order valence-electron chi connectivity index (χ3n) is 3.42. The van der Waals surface area contributed by atoms with Crippen LogP contribution < -0.4 is 5.32 Å². The van der Waals surface area contributed by atoms with Crippen molar-refractivity contribution in [2.45, 2.75) is 13.5 Å². The lowest BCUT2D eigenvalue weighted by atomic mass is 10.2. The zero-order valence-electron chi connectivity index (χ0n) is 11.7. The molecule has 108 valence electrons. The lowest BCUT2D eigenvalue weighted by molar-refractivity contribution is -0.131. The lowest BCUT2D eigenvalue weighted by Gasteiger charge is -2.33. The maximum Gasteiger partial charge on any atom is 0.234 e. The van der Waals surface area contributed by atoms with Gasteiger partial charge in [-0.3, -0.25) is 19.5 Å². The Bertz CT molecular complexity index is 456. The summed E-state index contributed by atoms with van der Waals surface area (Å²) in [5, 5.41) is 2.89. The van der Waals surface area contributed by atoms with Gasteiger partial charge in [-0.25, -0.2) is 0 Å². The maximum absolute atomic E-state index is 11.9. The fraction of sp³-hybridized carbons (Fsp3) is 0.500. The van der Waals surface area contributed by atoms with E-state index in [0.717, 1.165) is 18.7 Å². The summed E-state index contributed by atoms with van der Waals surface area (Å²) in [6, 6.07) is 3.76. The highest BCUT2D eigenvalue weighted by molar-refractivity contribution is 5.78. The Hall–Kier alpha value is -1.95. The number of piperazine rings is 1. The van der Waals surface area contributed by atoms with Gasteiger partial charge in [0.05, 0.1) is 6.54 Å². The normalized spacial score (nSPS) is 15.9. The van der Waals surface area contributed by atoms with Gasteiger partial charge in [-0.2, -0.15) is 0 Å². The molecule has 6 heteroatoms. The van der Waals surface area contributed by atoms with E-state index >= 15 is 0 Å². The molecule has 2 amide bonds. The summed E-state index contributed by atoms with van der Waals surface area (Å²) < 4.78 is 0. The van der Waals surface area contributed by atoms with Gasteiger partial charge in [0, 0.05) is 52.0 Å². The first kappa shape index (κ1) is 14.5. The van der Waals surface area contributed by atoms with Gasteiger partial charge in [0.2, 0.25) is 11.8 Å². The summed E-state index contributed by atoms with van der Waals surface area (Å²) in [4.78, 5) is 30.9. The highest BCUT2D eigenvalue weighted by Gasteiger charge is 2.19. The summed E-state index contributed by atoms with van der Waals surface area (Å²) in [7, 11) is 0. The Balaban J connectivity index is 1.69. The van der Waals surface area contributed by atoms with E-state index in [0.29, 0.717) is 26.2 Å². The average Bonchev–Trinajstić information content (AvgIpc) is 2.47. The molecule has 1 fully saturated rings. The molecule has 0 atom stereocenters. The van der Waals surface area contributed by atoms with Crippen LogP contribution in [0.3, 0.4) is 0 Å². The molecule has 0 radical (unpaired) electrons. The molecule has 1 aromatic heterocycles. The first-order valence-electron chi connectivity index (χ1n) is 6.78. The molecule has 1 aliphatic heterocycles. The molecule has 2 heterocycles. The number of nitrogens with one attached hydrogen (secondary N) is 1. The molecule has 0 aliphatic carbocycles. The number of hydrogen-bond acceptors (Lipinski definition) is 4. The first-order chi connectivity index (χ1) is 9.65. The topological polar surface area (TPSA) is 65.5 Å². The Morgan fingerprint density at radius 1 is 1.20 bits per heavy atom. The predicted molar refractivity (Wildman–Crippen MR) is 74.8 cm³/mol. The molecule has 0 unspecified atom stereocenters. The number of carbonyl (C=O) groups is 2. The minimum Gasteiger partial charge on any atom is -0.351 e. The summed E-state index contributed by atoms with van der Waals surface area (Å²) in [5.41, 5.74) is 1.04. The second-order valence-electron chi connectivity index (χ2n) is 4.91. The van der Waals surface area contributed by atoms with Gasteiger partial charge in [-0.05, 0) is 17.7 Å². The zero-order chi connectivity index (χ0) is 14.4. The summed E-state index contributed by atoms with van der Waals surface area (Å²) in [6.45, 7) is 5.40. The van der Waals surface area contributed by atoms with Gasteiger partial charge in [0.25, 0.3) is 0 Å². The van der Waals surface area contributed by atoms with Crippen molar-refractivity contribution in [1.82, 2.24) is 20.1 Å². The van der Waals surface area contributed by atoms with Crippen molar-refractivity contribution in [1.29, 1.82) is 0 Å². The molecular formula is C14H20N4O2. The minimum absolute atomic E-state index is 0.0121. The highest BCUT2D eigenvalue weighted by atomic mass is 16.2. The Kier molecular flexibility index (Phi) is 5.06. The number of pyridine rings is 1. The van der Waals surface area contributed by atoms with Crippen molar-refractivity contribution in [3.05, 3.63) is 30.1 Å². The molecule has 1 N–H and O–H groups in total. The molecule has 0 bridgehead atoms. The van der Waals surface area contributed by atoms with E-state index in [2.05, 4.69) is 15.2 Å². The molecule has 1 aliphatic rings. The van der Waals surface area contributed by atoms with Crippen molar-refractivity contribution in [3.63, 3.8) is 0 Å². The minimum atomic E-state index is 0.0121. The average molecular weight is 276 g/mol. The smallest absolute Gasteiger partial charge is 0.234 e. The summed E-state index contributed by atoms with van der Waals surface area (Å²) >= 11 is 0. The van der Waals surface area contributed by atoms with Crippen molar-refractivity contribution >= 4 is 11.8 Å². The molecule has 20 heavy (non-hydrogen) atoms. The molecule has 0 aromatic carbocycles. The number of rotatable bonds is 4. The molecule has 1 saturated heterocycles. The quantitative estimate of drug-likeness (QED) is 0.831. The van der Waals surface area contributed by atoms with Crippen LogP contribution in [0.15, 0.2) is 24.5 Å². The van der Waals surface area contributed by atoms with E-state index in [-0.39, 0.29) is 11.8 Å². The van der Waals surface area contributed by atoms with Crippen LogP contribution in [-0.4, -0.2) is 59.3 Å². The van der Waals surface area contributed by atoms with E-state index < -0.39 is 0 Å². The van der Waals surface area contributed by atoms with Gasteiger partial charge in [-0.15, -0.1) is 0 Å². The molecule has 0 spiro atoms. The van der Waals surface area contributed by atoms with E-state index in [4.69, 9.17) is 0 Å². The van der Waals surface area contributed by atoms with E-state index in [1.807, 2.05) is 17.0 Å². The SMILES string of the molecule is CC(=O)N1CCN(CC(=O)NCc2ccncc2)CC1. The fourth-order valence-corrected chi connectivity index (χ4v) is 2.18. The van der Waals surface area contributed by atoms with Crippen LogP contribution in [0.1, 0.15) is 12.5 Å². The largest absolute Gasteiger partial charge is 0.351 e. The van der Waals surface area contributed by atoms with Crippen LogP contribution in [0.4, 0.5) is 0 Å². The Morgan fingerprint density at radius 2 is 1.85 bits per heavy atom. The molecule has 1 aromatic rings. The number of hydrogen-bond donors (Lipinski definition) is 1. The van der Waals surface area contributed by atoms with Crippen molar-refractivity contribution < 1.29 is 9.59 Å². The monoisotopic (exact) mass is 276 g/mol. The van der Waals surface area contributed by atoms with Crippen LogP contribution >= 0.6 is 0 Å². The molecular weight excluding hydrogens is 256 g/mol. The van der Waals surface area contributed by atoms with E-state index in [1.165, 1.54) is 0 Å². The first-order valence-corrected chi connectivity index (χ1v) is 6.78. The van der Waals surface area contributed by atoms with Gasteiger partial charge in [-0.1, -0.05) is 0 Å². The van der Waals surface area contributed by atoms with Gasteiger partial charge in [0.1, 0.15) is 0 Å². The van der Waals surface area contributed by atoms with E-state index in [9.17, 15) is 9.59 Å². The molecule has 6 nitrogen and oxygen atoms in total. The van der Waals surface area contributed by atoms with Gasteiger partial charge >= 0.3 is 0 Å². The molecule has 2 rings (SSSR count). The second kappa shape index (κ2) is 7.00. The van der Waals surface area contributed by atoms with Crippen molar-refractivity contribution in [2.75, 3.05) is 32.7 Å². The highest BCUT2D eigenvalue weighted by Crippen LogP contribution is 2.01. The number of aromatic nitrogens is 1. The molecule has 0 saturated carbocycles. The van der Waals surface area contributed by atoms with Crippen LogP contribution in [0.5, 0.6) is 0 Å². The van der Waals surface area contributed by atoms with Crippen molar-refractivity contribution in [3.8, 4) is 0 Å². The maximum atomic E-state index is 11.9. The predicted octanol–water partition coefficient (Wildman–Crippen LogP) is -0.138. The standard InChI is InChI=1S/C14H20N4O2/c1-12(19)18-8-6-17(7-9-18)11-14(20)16-10-13-2-4-15-5-3-13/h2-5H,6-11H2,1H3,(H,16,20). The van der Waals surface area contributed by atoms with Gasteiger partial charge < -0.3 is 10.2 Å². The Labute approximate surface area is 118 Å². The number of nitrogens with zero attached hydrogens (tertiary/aromatic N) is 3. The zero-order valence-corrected chi connectivity index (χ0v) is 11.7. The van der Waals surface area contributed by atoms with Gasteiger partial charge in [0.15, 0.2) is 0 Å². The third kappa shape index (κ3) is 4.31. The summed E-state index contributed by atoms with van der Waals surface area (Å²) in [5.74, 6) is 0.116. The van der Waals surface area contributed by atoms with Crippen LogP contribution in [0.25, 0.3) is 0 Å². The third-order valence-corrected chi connectivity index (χ3v) is 3.42. The summed E-state index contributed by atoms with van der Waals surface area (Å²) in [6.07, 6.45) is 3.42.